The minimum atomic E-state index is -3.79. The highest BCUT2D eigenvalue weighted by atomic mass is 19.3. The number of halogens is 3. The number of aromatic nitrogens is 2. The van der Waals surface area contributed by atoms with Crippen LogP contribution in [0.15, 0.2) is 0 Å². The molecule has 1 N–H and O–H groups in total. The zero-order valence-corrected chi connectivity index (χ0v) is 6.68. The van der Waals surface area contributed by atoms with E-state index >= 15 is 0 Å². The number of hydrogen-bond acceptors (Lipinski definition) is 3. The normalized spacial score (nSPS) is 10.6. The average molecular weight is 200 g/mol. The summed E-state index contributed by atoms with van der Waals surface area (Å²) >= 11 is 0. The van der Waals surface area contributed by atoms with Crippen LogP contribution in [-0.2, 0) is 5.92 Å². The van der Waals surface area contributed by atoms with Gasteiger partial charge in [0.15, 0.2) is 23.9 Å². The van der Waals surface area contributed by atoms with Gasteiger partial charge in [-0.3, -0.25) is 0 Å². The third kappa shape index (κ3) is 1.52. The number of aromatic amines is 1. The van der Waals surface area contributed by atoms with Crippen molar-refractivity contribution in [1.29, 1.82) is 10.5 Å². The van der Waals surface area contributed by atoms with Crippen LogP contribution < -0.4 is 0 Å². The fourth-order valence-electron chi connectivity index (χ4n) is 0.772. The molecule has 1 aromatic heterocycles. The Morgan fingerprint density at radius 1 is 1.36 bits per heavy atom. The summed E-state index contributed by atoms with van der Waals surface area (Å²) in [5.74, 6) is -4.80. The summed E-state index contributed by atoms with van der Waals surface area (Å²) in [6, 6.07) is 2.91. The van der Waals surface area contributed by atoms with Gasteiger partial charge in [-0.1, -0.05) is 0 Å². The first-order valence-corrected chi connectivity index (χ1v) is 3.39. The molecule has 1 aromatic rings. The largest absolute Gasteiger partial charge is 0.332 e. The third-order valence-corrected chi connectivity index (χ3v) is 1.44. The van der Waals surface area contributed by atoms with E-state index in [0.717, 1.165) is 0 Å². The second-order valence-corrected chi connectivity index (χ2v) is 2.37. The number of nitriles is 2. The van der Waals surface area contributed by atoms with Crippen LogP contribution in [-0.4, -0.2) is 16.6 Å². The molecule has 0 aliphatic heterocycles. The first kappa shape index (κ1) is 10.1. The van der Waals surface area contributed by atoms with Gasteiger partial charge < -0.3 is 4.98 Å². The van der Waals surface area contributed by atoms with Crippen molar-refractivity contribution in [3.8, 4) is 12.1 Å². The Morgan fingerprint density at radius 2 is 2.00 bits per heavy atom. The molecule has 0 aliphatic carbocycles. The zero-order chi connectivity index (χ0) is 10.8. The first-order chi connectivity index (χ1) is 6.55. The van der Waals surface area contributed by atoms with Crippen LogP contribution in [0.2, 0.25) is 0 Å². The van der Waals surface area contributed by atoms with Gasteiger partial charge in [0, 0.05) is 0 Å². The van der Waals surface area contributed by atoms with Gasteiger partial charge >= 0.3 is 5.92 Å². The summed E-state index contributed by atoms with van der Waals surface area (Å²) in [7, 11) is 0. The van der Waals surface area contributed by atoms with E-state index in [-0.39, 0.29) is 0 Å². The van der Waals surface area contributed by atoms with Crippen molar-refractivity contribution >= 4 is 0 Å². The van der Waals surface area contributed by atoms with E-state index in [1.165, 1.54) is 12.1 Å². The Kier molecular flexibility index (Phi) is 2.43. The van der Waals surface area contributed by atoms with Crippen molar-refractivity contribution in [2.45, 2.75) is 5.92 Å². The topological polar surface area (TPSA) is 76.3 Å². The predicted molar refractivity (Wildman–Crippen MR) is 37.9 cm³/mol. The highest BCUT2D eigenvalue weighted by Gasteiger charge is 2.36. The lowest BCUT2D eigenvalue weighted by Crippen LogP contribution is -2.17. The van der Waals surface area contributed by atoms with Crippen molar-refractivity contribution in [1.82, 2.24) is 9.97 Å². The van der Waals surface area contributed by atoms with Crippen molar-refractivity contribution in [2.75, 3.05) is 6.67 Å². The Bertz CT molecular complexity index is 392. The van der Waals surface area contributed by atoms with Crippen LogP contribution in [0.1, 0.15) is 17.2 Å². The van der Waals surface area contributed by atoms with Gasteiger partial charge in [0.25, 0.3) is 0 Å². The smallest absolute Gasteiger partial charge is 0.327 e. The van der Waals surface area contributed by atoms with Gasteiger partial charge in [0.05, 0.1) is 0 Å². The van der Waals surface area contributed by atoms with Crippen molar-refractivity contribution in [3.05, 3.63) is 17.2 Å². The van der Waals surface area contributed by atoms with E-state index in [0.29, 0.717) is 0 Å². The molecule has 72 valence electrons. The highest BCUT2D eigenvalue weighted by molar-refractivity contribution is 5.36. The maximum absolute atomic E-state index is 12.7. The van der Waals surface area contributed by atoms with Gasteiger partial charge in [-0.15, -0.1) is 0 Å². The molecule has 0 aliphatic rings. The van der Waals surface area contributed by atoms with Crippen LogP contribution in [0.5, 0.6) is 0 Å². The van der Waals surface area contributed by atoms with Crippen LogP contribution in [0.4, 0.5) is 13.2 Å². The lowest BCUT2D eigenvalue weighted by atomic mass is 10.3. The Labute approximate surface area is 76.6 Å². The lowest BCUT2D eigenvalue weighted by Gasteiger charge is -2.06. The molecule has 4 nitrogen and oxygen atoms in total. The predicted octanol–water partition coefficient (Wildman–Crippen LogP) is 1.21. The molecule has 0 aromatic carbocycles. The molecule has 0 spiro atoms. The molecule has 0 atom stereocenters. The van der Waals surface area contributed by atoms with Gasteiger partial charge in [-0.05, 0) is 0 Å². The summed E-state index contributed by atoms with van der Waals surface area (Å²) in [5.41, 5.74) is -0.855. The summed E-state index contributed by atoms with van der Waals surface area (Å²) in [6.07, 6.45) is 0. The Morgan fingerprint density at radius 3 is 2.36 bits per heavy atom. The molecule has 7 heteroatoms. The number of nitrogens with one attached hydrogen (secondary N) is 1. The maximum atomic E-state index is 12.7. The van der Waals surface area contributed by atoms with Gasteiger partial charge in [-0.25, -0.2) is 9.37 Å². The molecule has 0 amide bonds. The van der Waals surface area contributed by atoms with Crippen LogP contribution in [0, 0.1) is 22.7 Å². The van der Waals surface area contributed by atoms with Crippen LogP contribution >= 0.6 is 0 Å². The molecular weight excluding hydrogens is 197 g/mol. The molecule has 14 heavy (non-hydrogen) atoms. The van der Waals surface area contributed by atoms with Crippen LogP contribution in [0.3, 0.4) is 0 Å². The van der Waals surface area contributed by atoms with Crippen molar-refractivity contribution < 1.29 is 13.2 Å². The monoisotopic (exact) mass is 200 g/mol. The van der Waals surface area contributed by atoms with E-state index < -0.39 is 29.8 Å². The second-order valence-electron chi connectivity index (χ2n) is 2.37. The SMILES string of the molecule is N#Cc1nc(C(F)(F)CF)[nH]c1C#N. The summed E-state index contributed by atoms with van der Waals surface area (Å²) in [5, 5.41) is 16.8. The molecule has 0 fully saturated rings. The highest BCUT2D eigenvalue weighted by Crippen LogP contribution is 2.26. The molecule has 0 unspecified atom stereocenters. The number of alkyl halides is 3. The quantitative estimate of drug-likeness (QED) is 0.779. The summed E-state index contributed by atoms with van der Waals surface area (Å²) < 4.78 is 37.2. The Hall–Kier alpha value is -2.02. The van der Waals surface area contributed by atoms with Crippen molar-refractivity contribution in [2.24, 2.45) is 0 Å². The van der Waals surface area contributed by atoms with E-state index in [4.69, 9.17) is 10.5 Å². The number of rotatable bonds is 2. The van der Waals surface area contributed by atoms with Gasteiger partial charge in [0.1, 0.15) is 12.1 Å². The fraction of sp³-hybridized carbons (Fsp3) is 0.286. The molecular formula is C7H3F3N4. The summed E-state index contributed by atoms with van der Waals surface area (Å²) in [6.45, 7) is -1.93. The van der Waals surface area contributed by atoms with E-state index in [1.54, 1.807) is 0 Å². The van der Waals surface area contributed by atoms with Crippen LogP contribution in [0.25, 0.3) is 0 Å². The van der Waals surface area contributed by atoms with Crippen molar-refractivity contribution in [3.63, 3.8) is 0 Å². The maximum Gasteiger partial charge on any atom is 0.332 e. The number of imidazole rings is 1. The number of H-pyrrole nitrogens is 1. The number of nitrogens with zero attached hydrogens (tertiary/aromatic N) is 3. The molecule has 0 bridgehead atoms. The zero-order valence-electron chi connectivity index (χ0n) is 6.68. The molecule has 0 saturated heterocycles. The number of hydrogen-bond donors (Lipinski definition) is 1. The minimum Gasteiger partial charge on any atom is -0.327 e. The molecule has 1 rings (SSSR count). The second kappa shape index (κ2) is 3.38. The third-order valence-electron chi connectivity index (χ3n) is 1.44. The minimum absolute atomic E-state index is 0.393. The van der Waals surface area contributed by atoms with Gasteiger partial charge in [-0.2, -0.15) is 19.3 Å². The standard InChI is InChI=1S/C7H3F3N4/c8-3-7(9,10)6-13-4(1-11)5(2-12)14-6/h3H2,(H,13,14). The molecule has 0 radical (unpaired) electrons. The Balaban J connectivity index is 3.23. The summed E-state index contributed by atoms with van der Waals surface area (Å²) in [4.78, 5) is 5.00. The first-order valence-electron chi connectivity index (χ1n) is 3.39. The lowest BCUT2D eigenvalue weighted by molar-refractivity contribution is -0.0358. The van der Waals surface area contributed by atoms with E-state index in [1.807, 2.05) is 4.98 Å². The average Bonchev–Trinajstić information content (AvgIpc) is 2.61. The van der Waals surface area contributed by atoms with E-state index in [2.05, 4.69) is 4.98 Å². The molecule has 0 saturated carbocycles. The van der Waals surface area contributed by atoms with Gasteiger partial charge in [0.2, 0.25) is 0 Å². The fourth-order valence-corrected chi connectivity index (χ4v) is 0.772. The molecule has 1 heterocycles. The van der Waals surface area contributed by atoms with E-state index in [9.17, 15) is 13.2 Å².